The number of anilines is 1. The lowest BCUT2D eigenvalue weighted by Gasteiger charge is -2.17. The molecule has 0 bridgehead atoms. The first kappa shape index (κ1) is 14.9. The van der Waals surface area contributed by atoms with Gasteiger partial charge in [-0.3, -0.25) is 0 Å². The van der Waals surface area contributed by atoms with Crippen molar-refractivity contribution in [3.05, 3.63) is 24.3 Å². The van der Waals surface area contributed by atoms with Crippen molar-refractivity contribution in [2.24, 2.45) is 5.92 Å². The van der Waals surface area contributed by atoms with Gasteiger partial charge in [-0.05, 0) is 43.9 Å². The summed E-state index contributed by atoms with van der Waals surface area (Å²) in [5.41, 5.74) is 0.754. The minimum atomic E-state index is -3.16. The van der Waals surface area contributed by atoms with Gasteiger partial charge in [-0.15, -0.1) is 0 Å². The molecular formula is C16H24N2O2S. The van der Waals surface area contributed by atoms with Gasteiger partial charge in [-0.2, -0.15) is 0 Å². The van der Waals surface area contributed by atoms with Crippen LogP contribution < -0.4 is 5.32 Å². The number of benzene rings is 1. The second kappa shape index (κ2) is 5.97. The smallest absolute Gasteiger partial charge is 0.180 e. The highest BCUT2D eigenvalue weighted by molar-refractivity contribution is 7.91. The highest BCUT2D eigenvalue weighted by Crippen LogP contribution is 2.32. The van der Waals surface area contributed by atoms with Crippen LogP contribution in [0, 0.1) is 5.92 Å². The zero-order valence-corrected chi connectivity index (χ0v) is 13.4. The van der Waals surface area contributed by atoms with E-state index in [9.17, 15) is 8.42 Å². The molecule has 3 rings (SSSR count). The molecule has 2 fully saturated rings. The standard InChI is InChI=1S/C16H24N2O2S/c1-2-21(19,20)16-6-4-3-5-15(16)17-11-13-9-10-18(12-13)14-7-8-14/h3-6,13-14,17H,2,7-12H2,1H3. The van der Waals surface area contributed by atoms with Crippen molar-refractivity contribution in [1.29, 1.82) is 0 Å². The topological polar surface area (TPSA) is 49.4 Å². The molecule has 1 saturated carbocycles. The Morgan fingerprint density at radius 3 is 2.71 bits per heavy atom. The lowest BCUT2D eigenvalue weighted by molar-refractivity contribution is 0.316. The zero-order valence-electron chi connectivity index (χ0n) is 12.6. The first-order chi connectivity index (χ1) is 10.1. The summed E-state index contributed by atoms with van der Waals surface area (Å²) in [4.78, 5) is 3.02. The molecule has 1 aliphatic carbocycles. The first-order valence-corrected chi connectivity index (χ1v) is 9.55. The van der Waals surface area contributed by atoms with Crippen LogP contribution in [-0.2, 0) is 9.84 Å². The van der Waals surface area contributed by atoms with Crippen LogP contribution in [0.4, 0.5) is 5.69 Å². The molecule has 116 valence electrons. The monoisotopic (exact) mass is 308 g/mol. The Hall–Kier alpha value is -1.07. The summed E-state index contributed by atoms with van der Waals surface area (Å²) in [7, 11) is -3.16. The van der Waals surface area contributed by atoms with E-state index in [1.807, 2.05) is 12.1 Å². The largest absolute Gasteiger partial charge is 0.384 e. The number of nitrogens with one attached hydrogen (secondary N) is 1. The fraction of sp³-hybridized carbons (Fsp3) is 0.625. The summed E-state index contributed by atoms with van der Waals surface area (Å²) in [6, 6.07) is 8.09. The van der Waals surface area contributed by atoms with Crippen molar-refractivity contribution in [2.75, 3.05) is 30.7 Å². The van der Waals surface area contributed by atoms with Gasteiger partial charge in [0.2, 0.25) is 0 Å². The molecule has 0 spiro atoms. The second-order valence-electron chi connectivity index (χ2n) is 6.16. The molecule has 0 amide bonds. The van der Waals surface area contributed by atoms with Gasteiger partial charge in [0, 0.05) is 19.1 Å². The molecule has 1 aromatic carbocycles. The third kappa shape index (κ3) is 3.40. The molecule has 21 heavy (non-hydrogen) atoms. The second-order valence-corrected chi connectivity index (χ2v) is 8.41. The summed E-state index contributed by atoms with van der Waals surface area (Å²) < 4.78 is 24.2. The highest BCUT2D eigenvalue weighted by Gasteiger charge is 2.34. The molecule has 1 aliphatic heterocycles. The van der Waals surface area contributed by atoms with Crippen molar-refractivity contribution < 1.29 is 8.42 Å². The SMILES string of the molecule is CCS(=O)(=O)c1ccccc1NCC1CCN(C2CC2)C1. The average molecular weight is 308 g/mol. The van der Waals surface area contributed by atoms with Crippen molar-refractivity contribution in [1.82, 2.24) is 4.90 Å². The maximum absolute atomic E-state index is 12.1. The molecule has 1 saturated heterocycles. The number of likely N-dealkylation sites (tertiary alicyclic amines) is 1. The van der Waals surface area contributed by atoms with Crippen molar-refractivity contribution in [3.63, 3.8) is 0 Å². The Bertz CT molecular complexity index is 596. The summed E-state index contributed by atoms with van der Waals surface area (Å²) in [6.45, 7) is 4.91. The molecule has 4 nitrogen and oxygen atoms in total. The molecule has 1 unspecified atom stereocenters. The number of rotatable bonds is 6. The third-order valence-electron chi connectivity index (χ3n) is 4.56. The minimum Gasteiger partial charge on any atom is -0.384 e. The molecular weight excluding hydrogens is 284 g/mol. The fourth-order valence-corrected chi connectivity index (χ4v) is 4.17. The van der Waals surface area contributed by atoms with E-state index in [0.717, 1.165) is 24.8 Å². The predicted octanol–water partition coefficient (Wildman–Crippen LogP) is 2.38. The van der Waals surface area contributed by atoms with Gasteiger partial charge < -0.3 is 10.2 Å². The molecule has 0 aromatic heterocycles. The van der Waals surface area contributed by atoms with Crippen molar-refractivity contribution >= 4 is 15.5 Å². The van der Waals surface area contributed by atoms with Crippen LogP contribution in [0.5, 0.6) is 0 Å². The van der Waals surface area contributed by atoms with E-state index in [2.05, 4.69) is 10.2 Å². The number of para-hydroxylation sites is 1. The Kier molecular flexibility index (Phi) is 4.22. The van der Waals surface area contributed by atoms with Crippen LogP contribution in [0.3, 0.4) is 0 Å². The number of nitrogens with zero attached hydrogens (tertiary/aromatic N) is 1. The van der Waals surface area contributed by atoms with Gasteiger partial charge in [0.1, 0.15) is 0 Å². The fourth-order valence-electron chi connectivity index (χ4n) is 3.09. The Morgan fingerprint density at radius 1 is 1.24 bits per heavy atom. The van der Waals surface area contributed by atoms with Crippen molar-refractivity contribution in [2.45, 2.75) is 37.1 Å². The molecule has 2 aliphatic rings. The van der Waals surface area contributed by atoms with Gasteiger partial charge in [0.25, 0.3) is 0 Å². The van der Waals surface area contributed by atoms with Crippen LogP contribution in [-0.4, -0.2) is 44.7 Å². The number of hydrogen-bond acceptors (Lipinski definition) is 4. The van der Waals surface area contributed by atoms with Crippen molar-refractivity contribution in [3.8, 4) is 0 Å². The summed E-state index contributed by atoms with van der Waals surface area (Å²) in [5.74, 6) is 0.771. The van der Waals surface area contributed by atoms with Gasteiger partial charge in [-0.25, -0.2) is 8.42 Å². The van der Waals surface area contributed by atoms with E-state index in [4.69, 9.17) is 0 Å². The molecule has 1 aromatic rings. The van der Waals surface area contributed by atoms with Gasteiger partial charge >= 0.3 is 0 Å². The van der Waals surface area contributed by atoms with Crippen LogP contribution in [0.1, 0.15) is 26.2 Å². The van der Waals surface area contributed by atoms with E-state index in [1.165, 1.54) is 25.8 Å². The Labute approximate surface area is 127 Å². The molecule has 1 N–H and O–H groups in total. The van der Waals surface area contributed by atoms with Crippen LogP contribution >= 0.6 is 0 Å². The lowest BCUT2D eigenvalue weighted by Crippen LogP contribution is -2.25. The lowest BCUT2D eigenvalue weighted by atomic mass is 10.1. The van der Waals surface area contributed by atoms with Gasteiger partial charge in [0.05, 0.1) is 16.3 Å². The van der Waals surface area contributed by atoms with Crippen LogP contribution in [0.25, 0.3) is 0 Å². The molecule has 0 radical (unpaired) electrons. The summed E-state index contributed by atoms with van der Waals surface area (Å²) >= 11 is 0. The molecule has 1 heterocycles. The van der Waals surface area contributed by atoms with Crippen LogP contribution in [0.15, 0.2) is 29.2 Å². The zero-order chi connectivity index (χ0) is 14.9. The first-order valence-electron chi connectivity index (χ1n) is 7.90. The maximum atomic E-state index is 12.1. The molecule has 1 atom stereocenters. The van der Waals surface area contributed by atoms with Gasteiger partial charge in [0.15, 0.2) is 9.84 Å². The summed E-state index contributed by atoms with van der Waals surface area (Å²) in [6.07, 6.45) is 3.93. The number of sulfone groups is 1. The predicted molar refractivity (Wildman–Crippen MR) is 85.4 cm³/mol. The normalized spacial score (nSPS) is 23.4. The quantitative estimate of drug-likeness (QED) is 0.876. The average Bonchev–Trinajstić information content (AvgIpc) is 3.24. The van der Waals surface area contributed by atoms with E-state index in [1.54, 1.807) is 19.1 Å². The third-order valence-corrected chi connectivity index (χ3v) is 6.35. The van der Waals surface area contributed by atoms with E-state index >= 15 is 0 Å². The van der Waals surface area contributed by atoms with E-state index in [0.29, 0.717) is 10.8 Å². The number of hydrogen-bond donors (Lipinski definition) is 1. The van der Waals surface area contributed by atoms with Gasteiger partial charge in [-0.1, -0.05) is 19.1 Å². The molecule has 5 heteroatoms. The van der Waals surface area contributed by atoms with E-state index < -0.39 is 9.84 Å². The Morgan fingerprint density at radius 2 is 2.00 bits per heavy atom. The maximum Gasteiger partial charge on any atom is 0.180 e. The van der Waals surface area contributed by atoms with E-state index in [-0.39, 0.29) is 5.75 Å². The minimum absolute atomic E-state index is 0.143. The summed E-state index contributed by atoms with van der Waals surface area (Å²) in [5, 5.41) is 3.37. The van der Waals surface area contributed by atoms with Crippen LogP contribution in [0.2, 0.25) is 0 Å². The highest BCUT2D eigenvalue weighted by atomic mass is 32.2. The Balaban J connectivity index is 1.63.